The SMILES string of the molecule is [C-]#[N+]C(c1ccccc1)N1CCOCC1. The Morgan fingerprint density at radius 1 is 1.20 bits per heavy atom. The second-order valence-electron chi connectivity index (χ2n) is 3.56. The summed E-state index contributed by atoms with van der Waals surface area (Å²) in [6.45, 7) is 10.4. The lowest BCUT2D eigenvalue weighted by Gasteiger charge is -2.27. The number of hydrogen-bond acceptors (Lipinski definition) is 2. The molecule has 0 aliphatic carbocycles. The van der Waals surface area contributed by atoms with Crippen LogP contribution in [0.1, 0.15) is 11.7 Å². The largest absolute Gasteiger partial charge is 0.379 e. The van der Waals surface area contributed by atoms with Gasteiger partial charge in [-0.2, -0.15) is 0 Å². The van der Waals surface area contributed by atoms with E-state index in [1.54, 1.807) is 0 Å². The molecule has 1 fully saturated rings. The lowest BCUT2D eigenvalue weighted by Crippen LogP contribution is -2.37. The van der Waals surface area contributed by atoms with E-state index in [-0.39, 0.29) is 6.17 Å². The molecule has 1 atom stereocenters. The maximum Gasteiger partial charge on any atom is 0.305 e. The average Bonchev–Trinajstić information content (AvgIpc) is 2.33. The van der Waals surface area contributed by atoms with Gasteiger partial charge in [-0.1, -0.05) is 18.2 Å². The Hall–Kier alpha value is -1.37. The predicted octanol–water partition coefficient (Wildman–Crippen LogP) is 1.94. The Morgan fingerprint density at radius 3 is 2.47 bits per heavy atom. The molecule has 3 nitrogen and oxygen atoms in total. The Labute approximate surface area is 90.1 Å². The Balaban J connectivity index is 2.14. The van der Waals surface area contributed by atoms with E-state index in [4.69, 9.17) is 11.3 Å². The van der Waals surface area contributed by atoms with E-state index >= 15 is 0 Å². The fourth-order valence-electron chi connectivity index (χ4n) is 1.81. The summed E-state index contributed by atoms with van der Waals surface area (Å²) in [5.74, 6) is 0. The third-order valence-corrected chi connectivity index (χ3v) is 2.61. The van der Waals surface area contributed by atoms with Crippen LogP contribution in [-0.4, -0.2) is 31.2 Å². The van der Waals surface area contributed by atoms with Crippen molar-refractivity contribution in [2.75, 3.05) is 26.3 Å². The molecule has 1 unspecified atom stereocenters. The van der Waals surface area contributed by atoms with Gasteiger partial charge in [-0.15, -0.1) is 0 Å². The molecular formula is C12H14N2O. The van der Waals surface area contributed by atoms with Crippen LogP contribution in [0.25, 0.3) is 4.85 Å². The normalized spacial score (nSPS) is 19.4. The van der Waals surface area contributed by atoms with Crippen molar-refractivity contribution in [3.8, 4) is 0 Å². The van der Waals surface area contributed by atoms with Gasteiger partial charge in [0.1, 0.15) is 0 Å². The van der Waals surface area contributed by atoms with Crippen molar-refractivity contribution in [2.24, 2.45) is 0 Å². The number of morpholine rings is 1. The predicted molar refractivity (Wildman–Crippen MR) is 58.2 cm³/mol. The number of rotatable bonds is 2. The van der Waals surface area contributed by atoms with E-state index < -0.39 is 0 Å². The molecule has 1 heterocycles. The van der Waals surface area contributed by atoms with Crippen LogP contribution in [0.5, 0.6) is 0 Å². The molecule has 1 aromatic rings. The molecule has 0 bridgehead atoms. The molecule has 1 aliphatic rings. The summed E-state index contributed by atoms with van der Waals surface area (Å²) in [5.41, 5.74) is 1.08. The zero-order valence-corrected chi connectivity index (χ0v) is 8.60. The Morgan fingerprint density at radius 2 is 1.87 bits per heavy atom. The molecule has 0 saturated carbocycles. The van der Waals surface area contributed by atoms with Crippen LogP contribution in [0.2, 0.25) is 0 Å². The average molecular weight is 202 g/mol. The van der Waals surface area contributed by atoms with Gasteiger partial charge in [0.2, 0.25) is 0 Å². The molecule has 1 saturated heterocycles. The van der Waals surface area contributed by atoms with Gasteiger partial charge in [-0.05, 0) is 12.1 Å². The molecule has 78 valence electrons. The highest BCUT2D eigenvalue weighted by atomic mass is 16.5. The highest BCUT2D eigenvalue weighted by molar-refractivity contribution is 5.21. The molecule has 3 heteroatoms. The van der Waals surface area contributed by atoms with Crippen molar-refractivity contribution in [3.05, 3.63) is 47.3 Å². The molecule has 0 radical (unpaired) electrons. The fraction of sp³-hybridized carbons (Fsp3) is 0.417. The summed E-state index contributed by atoms with van der Waals surface area (Å²) in [6.07, 6.45) is -0.143. The first-order valence-electron chi connectivity index (χ1n) is 5.15. The second kappa shape index (κ2) is 4.92. The molecule has 15 heavy (non-hydrogen) atoms. The van der Waals surface area contributed by atoms with Crippen LogP contribution in [0.3, 0.4) is 0 Å². The van der Waals surface area contributed by atoms with E-state index in [0.29, 0.717) is 0 Å². The highest BCUT2D eigenvalue weighted by Crippen LogP contribution is 2.22. The Kier molecular flexibility index (Phi) is 3.33. The smallest absolute Gasteiger partial charge is 0.305 e. The first-order chi connectivity index (χ1) is 7.42. The summed E-state index contributed by atoms with van der Waals surface area (Å²) in [7, 11) is 0. The van der Waals surface area contributed by atoms with E-state index in [2.05, 4.69) is 9.74 Å². The highest BCUT2D eigenvalue weighted by Gasteiger charge is 2.26. The van der Waals surface area contributed by atoms with Crippen LogP contribution < -0.4 is 0 Å². The summed E-state index contributed by atoms with van der Waals surface area (Å²) in [6, 6.07) is 9.96. The molecule has 0 spiro atoms. The number of hydrogen-bond donors (Lipinski definition) is 0. The number of benzene rings is 1. The molecule has 0 N–H and O–H groups in total. The zero-order valence-electron chi connectivity index (χ0n) is 8.60. The summed E-state index contributed by atoms with van der Waals surface area (Å²) < 4.78 is 5.29. The van der Waals surface area contributed by atoms with Gasteiger partial charge in [0, 0.05) is 13.1 Å². The van der Waals surface area contributed by atoms with Crippen LogP contribution >= 0.6 is 0 Å². The van der Waals surface area contributed by atoms with Gasteiger partial charge >= 0.3 is 6.17 Å². The van der Waals surface area contributed by atoms with E-state index in [9.17, 15) is 0 Å². The molecular weight excluding hydrogens is 188 g/mol. The van der Waals surface area contributed by atoms with Crippen LogP contribution in [-0.2, 0) is 4.74 Å². The summed E-state index contributed by atoms with van der Waals surface area (Å²) in [5, 5.41) is 0. The number of nitrogens with zero attached hydrogens (tertiary/aromatic N) is 2. The first kappa shape index (κ1) is 10.2. The summed E-state index contributed by atoms with van der Waals surface area (Å²) >= 11 is 0. The molecule has 1 aromatic carbocycles. The number of ether oxygens (including phenoxy) is 1. The minimum Gasteiger partial charge on any atom is -0.379 e. The van der Waals surface area contributed by atoms with Gasteiger partial charge in [0.05, 0.1) is 18.8 Å². The monoisotopic (exact) mass is 202 g/mol. The van der Waals surface area contributed by atoms with Crippen molar-refractivity contribution in [2.45, 2.75) is 6.17 Å². The maximum absolute atomic E-state index is 7.28. The minimum absolute atomic E-state index is 0.143. The third kappa shape index (κ3) is 2.35. The molecule has 0 amide bonds. The first-order valence-corrected chi connectivity index (χ1v) is 5.15. The van der Waals surface area contributed by atoms with Gasteiger partial charge in [-0.3, -0.25) is 4.85 Å². The van der Waals surface area contributed by atoms with Crippen LogP contribution in [0, 0.1) is 6.57 Å². The topological polar surface area (TPSA) is 16.8 Å². The minimum atomic E-state index is -0.143. The van der Waals surface area contributed by atoms with Crippen molar-refractivity contribution in [3.63, 3.8) is 0 Å². The second-order valence-corrected chi connectivity index (χ2v) is 3.56. The molecule has 1 aliphatic heterocycles. The maximum atomic E-state index is 7.28. The lowest BCUT2D eigenvalue weighted by molar-refractivity contribution is 0.0248. The van der Waals surface area contributed by atoms with E-state index in [0.717, 1.165) is 31.9 Å². The molecule has 0 aromatic heterocycles. The van der Waals surface area contributed by atoms with Gasteiger partial charge in [-0.25, -0.2) is 11.5 Å². The zero-order chi connectivity index (χ0) is 10.5. The van der Waals surface area contributed by atoms with Crippen molar-refractivity contribution < 1.29 is 4.74 Å². The lowest BCUT2D eigenvalue weighted by atomic mass is 10.1. The van der Waals surface area contributed by atoms with Gasteiger partial charge in [0.15, 0.2) is 0 Å². The Bertz CT molecular complexity index is 338. The molecule has 2 rings (SSSR count). The standard InChI is InChI=1S/C12H14N2O/c1-13-12(11-5-3-2-4-6-11)14-7-9-15-10-8-14/h2-6,12H,7-10H2. The quantitative estimate of drug-likeness (QED) is 0.682. The van der Waals surface area contributed by atoms with Crippen LogP contribution in [0.4, 0.5) is 0 Å². The van der Waals surface area contributed by atoms with Crippen molar-refractivity contribution in [1.82, 2.24) is 4.90 Å². The third-order valence-electron chi connectivity index (χ3n) is 2.61. The fourth-order valence-corrected chi connectivity index (χ4v) is 1.81. The summed E-state index contributed by atoms with van der Waals surface area (Å²) in [4.78, 5) is 5.87. The van der Waals surface area contributed by atoms with Gasteiger partial charge < -0.3 is 4.74 Å². The van der Waals surface area contributed by atoms with Crippen molar-refractivity contribution >= 4 is 0 Å². The van der Waals surface area contributed by atoms with Gasteiger partial charge in [0.25, 0.3) is 0 Å². The van der Waals surface area contributed by atoms with Crippen LogP contribution in [0.15, 0.2) is 30.3 Å². The van der Waals surface area contributed by atoms with Crippen molar-refractivity contribution in [1.29, 1.82) is 0 Å². The van der Waals surface area contributed by atoms with E-state index in [1.165, 1.54) is 0 Å². The van der Waals surface area contributed by atoms with E-state index in [1.807, 2.05) is 30.3 Å².